The Balaban J connectivity index is 1.01. The Morgan fingerprint density at radius 3 is 2.44 bits per heavy atom. The Labute approximate surface area is 234 Å². The van der Waals surface area contributed by atoms with E-state index in [1.807, 2.05) is 12.1 Å². The van der Waals surface area contributed by atoms with Gasteiger partial charge in [0.1, 0.15) is 23.8 Å². The number of ether oxygens (including phenoxy) is 2. The molecule has 0 radical (unpaired) electrons. The number of piperidine rings is 1. The average Bonchev–Trinajstić information content (AvgIpc) is 3.30. The first-order valence-corrected chi connectivity index (χ1v) is 15.6. The predicted octanol–water partition coefficient (Wildman–Crippen LogP) is 8.14. The van der Waals surface area contributed by atoms with Gasteiger partial charge in [0.15, 0.2) is 0 Å². The van der Waals surface area contributed by atoms with Gasteiger partial charge in [-0.3, -0.25) is 4.90 Å². The molecule has 1 aliphatic heterocycles. The summed E-state index contributed by atoms with van der Waals surface area (Å²) in [4.78, 5) is 13.6. The summed E-state index contributed by atoms with van der Waals surface area (Å²) < 4.78 is 12.2. The van der Waals surface area contributed by atoms with Gasteiger partial charge >= 0.3 is 0 Å². The van der Waals surface area contributed by atoms with E-state index >= 15 is 0 Å². The fraction of sp³-hybridized carbons (Fsp3) is 0.647. The quantitative estimate of drug-likeness (QED) is 0.307. The van der Waals surface area contributed by atoms with Crippen molar-refractivity contribution in [1.29, 1.82) is 0 Å². The lowest BCUT2D eigenvalue weighted by molar-refractivity contribution is 0.000958. The van der Waals surface area contributed by atoms with E-state index < -0.39 is 0 Å². The molecule has 4 unspecified atom stereocenters. The summed E-state index contributed by atoms with van der Waals surface area (Å²) in [5.74, 6) is 5.45. The number of benzene rings is 2. The van der Waals surface area contributed by atoms with E-state index in [4.69, 9.17) is 9.47 Å². The molecular formula is C34H46N2O3. The van der Waals surface area contributed by atoms with Crippen molar-refractivity contribution in [2.75, 3.05) is 32.8 Å². The molecule has 5 nitrogen and oxygen atoms in total. The van der Waals surface area contributed by atoms with Gasteiger partial charge in [-0.2, -0.15) is 0 Å². The first kappa shape index (κ1) is 26.8. The van der Waals surface area contributed by atoms with Crippen LogP contribution in [0.15, 0.2) is 47.6 Å². The summed E-state index contributed by atoms with van der Waals surface area (Å²) in [6, 6.07) is 14.4. The molecule has 2 aromatic rings. The average molecular weight is 531 g/mol. The van der Waals surface area contributed by atoms with Crippen molar-refractivity contribution in [3.8, 4) is 11.5 Å². The number of rotatable bonds is 9. The minimum absolute atomic E-state index is 0.409. The molecule has 210 valence electrons. The van der Waals surface area contributed by atoms with E-state index in [0.717, 1.165) is 61.9 Å². The Kier molecular flexibility index (Phi) is 7.98. The Morgan fingerprint density at radius 2 is 1.69 bits per heavy atom. The summed E-state index contributed by atoms with van der Waals surface area (Å²) in [7, 11) is 0. The largest absolute Gasteiger partial charge is 0.494 e. The Morgan fingerprint density at radius 1 is 0.949 bits per heavy atom. The molecule has 3 fully saturated rings. The number of hydrogen-bond acceptors (Lipinski definition) is 5. The van der Waals surface area contributed by atoms with Crippen molar-refractivity contribution in [2.45, 2.75) is 77.6 Å². The maximum Gasteiger partial charge on any atom is 0.119 e. The van der Waals surface area contributed by atoms with E-state index in [0.29, 0.717) is 22.9 Å². The lowest BCUT2D eigenvalue weighted by Gasteiger charge is -2.53. The second-order valence-corrected chi connectivity index (χ2v) is 13.1. The smallest absolute Gasteiger partial charge is 0.119 e. The number of nitrogens with zero attached hydrogens (tertiary/aromatic N) is 2. The van der Waals surface area contributed by atoms with Gasteiger partial charge in [0.25, 0.3) is 0 Å². The fourth-order valence-corrected chi connectivity index (χ4v) is 9.03. The zero-order valence-electron chi connectivity index (χ0n) is 23.9. The molecule has 0 amide bonds. The van der Waals surface area contributed by atoms with Gasteiger partial charge < -0.3 is 9.47 Å². The second-order valence-electron chi connectivity index (χ2n) is 13.1. The van der Waals surface area contributed by atoms with Gasteiger partial charge in [-0.05, 0) is 152 Å². The highest BCUT2D eigenvalue weighted by Gasteiger charge is 2.55. The summed E-state index contributed by atoms with van der Waals surface area (Å²) in [5, 5.41) is 3.19. The van der Waals surface area contributed by atoms with E-state index in [2.05, 4.69) is 54.3 Å². The van der Waals surface area contributed by atoms with Crippen LogP contribution in [0.3, 0.4) is 0 Å². The van der Waals surface area contributed by atoms with Gasteiger partial charge in [-0.25, -0.2) is 0 Å². The molecule has 0 spiro atoms. The van der Waals surface area contributed by atoms with Crippen LogP contribution in [0.4, 0.5) is 5.69 Å². The van der Waals surface area contributed by atoms with E-state index in [1.165, 1.54) is 69.2 Å². The van der Waals surface area contributed by atoms with Gasteiger partial charge in [-0.1, -0.05) is 26.3 Å². The number of likely N-dealkylation sites (tertiary alicyclic amines) is 1. The second kappa shape index (κ2) is 11.6. The highest BCUT2D eigenvalue weighted by molar-refractivity contribution is 5.47. The van der Waals surface area contributed by atoms with Crippen LogP contribution >= 0.6 is 0 Å². The lowest BCUT2D eigenvalue weighted by atomic mass is 9.51. The predicted molar refractivity (Wildman–Crippen MR) is 157 cm³/mol. The standard InChI is InChI=1S/C34H46N2O3/c1-24-22-25-23-27(35-37)7-12-30(25)31-14-16-34(2)26(6-13-32(34)33(24)31)15-20-38-28-8-10-29(11-9-28)39-21-19-36-17-4-3-5-18-36/h7-12,23-24,26,31-33H,3-6,13-22H2,1-2H3/t24-,26-,31?,32?,33?,34?/m1/s1. The summed E-state index contributed by atoms with van der Waals surface area (Å²) in [6.45, 7) is 10.0. The summed E-state index contributed by atoms with van der Waals surface area (Å²) in [5.41, 5.74) is 3.85. The minimum Gasteiger partial charge on any atom is -0.494 e. The van der Waals surface area contributed by atoms with Crippen LogP contribution in [0.1, 0.15) is 82.3 Å². The van der Waals surface area contributed by atoms with Crippen LogP contribution in [0.5, 0.6) is 11.5 Å². The molecule has 2 aromatic carbocycles. The number of nitroso groups, excluding NO2 is 1. The maximum atomic E-state index is 11.1. The third-order valence-electron chi connectivity index (χ3n) is 11.0. The van der Waals surface area contributed by atoms with Crippen molar-refractivity contribution in [3.63, 3.8) is 0 Å². The highest BCUT2D eigenvalue weighted by atomic mass is 16.5. The van der Waals surface area contributed by atoms with Crippen molar-refractivity contribution in [2.24, 2.45) is 34.3 Å². The monoisotopic (exact) mass is 530 g/mol. The molecule has 1 saturated heterocycles. The molecule has 0 aromatic heterocycles. The third-order valence-corrected chi connectivity index (χ3v) is 11.0. The zero-order valence-corrected chi connectivity index (χ0v) is 23.9. The van der Waals surface area contributed by atoms with Gasteiger partial charge in [0.05, 0.1) is 6.61 Å². The third kappa shape index (κ3) is 5.49. The van der Waals surface area contributed by atoms with Gasteiger partial charge in [0.2, 0.25) is 0 Å². The Hall–Kier alpha value is -2.40. The van der Waals surface area contributed by atoms with Gasteiger partial charge in [0, 0.05) is 6.54 Å². The maximum absolute atomic E-state index is 11.1. The molecule has 2 saturated carbocycles. The SMILES string of the molecule is C[C@@H]1Cc2cc(N=O)ccc2C2CCC3(C)C(CC[C@@H]3CCOc3ccc(OCCN4CCCCC4)cc3)C21. The fourth-order valence-electron chi connectivity index (χ4n) is 9.03. The molecule has 1 heterocycles. The van der Waals surface area contributed by atoms with Crippen LogP contribution in [0.25, 0.3) is 0 Å². The van der Waals surface area contributed by atoms with Crippen LogP contribution in [0.2, 0.25) is 0 Å². The van der Waals surface area contributed by atoms with Gasteiger partial charge in [-0.15, -0.1) is 4.91 Å². The van der Waals surface area contributed by atoms with Crippen LogP contribution in [-0.2, 0) is 6.42 Å². The molecule has 4 aliphatic rings. The molecule has 5 heteroatoms. The van der Waals surface area contributed by atoms with E-state index in [-0.39, 0.29) is 0 Å². The molecule has 0 N–H and O–H groups in total. The van der Waals surface area contributed by atoms with Crippen LogP contribution in [-0.4, -0.2) is 37.7 Å². The van der Waals surface area contributed by atoms with Crippen molar-refractivity contribution >= 4 is 5.69 Å². The zero-order chi connectivity index (χ0) is 26.8. The van der Waals surface area contributed by atoms with Crippen molar-refractivity contribution in [3.05, 3.63) is 58.5 Å². The molecule has 3 aliphatic carbocycles. The van der Waals surface area contributed by atoms with Crippen LogP contribution < -0.4 is 9.47 Å². The summed E-state index contributed by atoms with van der Waals surface area (Å²) in [6.07, 6.45) is 11.5. The topological polar surface area (TPSA) is 51.1 Å². The first-order valence-electron chi connectivity index (χ1n) is 15.6. The molecule has 39 heavy (non-hydrogen) atoms. The van der Waals surface area contributed by atoms with E-state index in [9.17, 15) is 4.91 Å². The molecule has 0 bridgehead atoms. The first-order chi connectivity index (χ1) is 19.0. The highest BCUT2D eigenvalue weighted by Crippen LogP contribution is 2.64. The Bertz CT molecular complexity index is 1130. The van der Waals surface area contributed by atoms with E-state index in [1.54, 1.807) is 0 Å². The normalized spacial score (nSPS) is 32.1. The number of fused-ring (bicyclic) bond motifs is 5. The molecule has 6 rings (SSSR count). The van der Waals surface area contributed by atoms with Crippen molar-refractivity contribution in [1.82, 2.24) is 4.90 Å². The molecule has 6 atom stereocenters. The number of hydrogen-bond donors (Lipinski definition) is 0. The lowest BCUT2D eigenvalue weighted by Crippen LogP contribution is -2.45. The summed E-state index contributed by atoms with van der Waals surface area (Å²) >= 11 is 0. The van der Waals surface area contributed by atoms with Crippen molar-refractivity contribution < 1.29 is 9.47 Å². The minimum atomic E-state index is 0.409. The van der Waals surface area contributed by atoms with Crippen LogP contribution in [0, 0.1) is 34.0 Å². The molecular weight excluding hydrogens is 484 g/mol.